The van der Waals surface area contributed by atoms with Crippen LogP contribution in [0, 0.1) is 0 Å². The summed E-state index contributed by atoms with van der Waals surface area (Å²) in [5.41, 5.74) is 0.470. The third kappa shape index (κ3) is 5.66. The Morgan fingerprint density at radius 1 is 1.19 bits per heavy atom. The smallest absolute Gasteiger partial charge is 0.333 e. The zero-order chi connectivity index (χ0) is 11.9. The Morgan fingerprint density at radius 3 is 1.94 bits per heavy atom. The number of likely N-dealkylation sites (N-methyl/N-ethyl adjacent to an activating group) is 1. The van der Waals surface area contributed by atoms with Crippen LogP contribution in [0.2, 0.25) is 0 Å². The van der Waals surface area contributed by atoms with Gasteiger partial charge in [0.2, 0.25) is 0 Å². The normalized spacial score (nSPS) is 10.5. The fraction of sp³-hybridized carbons (Fsp3) is 0.750. The molecule has 0 spiro atoms. The maximum absolute atomic E-state index is 11.2. The number of ether oxygens (including phenoxy) is 1. The van der Waals surface area contributed by atoms with Crippen LogP contribution in [0.5, 0.6) is 0 Å². The second-order valence-corrected chi connectivity index (χ2v) is 3.93. The second kappa shape index (κ2) is 8.76. The summed E-state index contributed by atoms with van der Waals surface area (Å²) >= 11 is 0. The van der Waals surface area contributed by atoms with Gasteiger partial charge in [-0.1, -0.05) is 6.58 Å². The van der Waals surface area contributed by atoms with E-state index >= 15 is 0 Å². The van der Waals surface area contributed by atoms with Crippen LogP contribution >= 0.6 is 0 Å². The molecule has 4 heteroatoms. The Balaban J connectivity index is 0. The molecule has 0 fully saturated rings. The first-order valence-corrected chi connectivity index (χ1v) is 5.69. The maximum atomic E-state index is 11.2. The van der Waals surface area contributed by atoms with Crippen molar-refractivity contribution in [2.75, 3.05) is 32.8 Å². The minimum Gasteiger partial charge on any atom is -1.00 e. The van der Waals surface area contributed by atoms with Gasteiger partial charge in [-0.25, -0.2) is 4.79 Å². The molecule has 0 aliphatic heterocycles. The van der Waals surface area contributed by atoms with Crippen molar-refractivity contribution in [1.29, 1.82) is 0 Å². The summed E-state index contributed by atoms with van der Waals surface area (Å²) in [7, 11) is 0. The summed E-state index contributed by atoms with van der Waals surface area (Å²) in [6, 6.07) is 0. The van der Waals surface area contributed by atoms with Crippen LogP contribution in [0.4, 0.5) is 0 Å². The SMILES string of the molecule is C=C(C)C(=O)OCC[N+](CC)(CC)CC.[Br-]. The molecule has 3 nitrogen and oxygen atoms in total. The van der Waals surface area contributed by atoms with Crippen molar-refractivity contribution in [3.05, 3.63) is 12.2 Å². The average molecular weight is 294 g/mol. The summed E-state index contributed by atoms with van der Waals surface area (Å²) in [4.78, 5) is 11.2. The molecule has 0 aromatic rings. The summed E-state index contributed by atoms with van der Waals surface area (Å²) < 4.78 is 6.11. The topological polar surface area (TPSA) is 26.3 Å². The lowest BCUT2D eigenvalue weighted by Gasteiger charge is -2.35. The van der Waals surface area contributed by atoms with Gasteiger partial charge < -0.3 is 26.2 Å². The standard InChI is InChI=1S/C12H24NO2.BrH/c1-6-13(7-2,8-3)9-10-15-12(14)11(4)5;/h4,6-10H2,1-3,5H3;1H/q+1;/p-1. The van der Waals surface area contributed by atoms with E-state index in [2.05, 4.69) is 27.4 Å². The molecular weight excluding hydrogens is 270 g/mol. The van der Waals surface area contributed by atoms with Crippen LogP contribution < -0.4 is 17.0 Å². The highest BCUT2D eigenvalue weighted by molar-refractivity contribution is 5.86. The van der Waals surface area contributed by atoms with Gasteiger partial charge >= 0.3 is 5.97 Å². The Labute approximate surface area is 110 Å². The lowest BCUT2D eigenvalue weighted by molar-refractivity contribution is -0.923. The van der Waals surface area contributed by atoms with Crippen LogP contribution in [-0.2, 0) is 9.53 Å². The lowest BCUT2D eigenvalue weighted by atomic mass is 10.3. The number of esters is 1. The van der Waals surface area contributed by atoms with Gasteiger partial charge in [-0.05, 0) is 27.7 Å². The van der Waals surface area contributed by atoms with E-state index < -0.39 is 0 Å². The van der Waals surface area contributed by atoms with Gasteiger partial charge in [0, 0.05) is 5.57 Å². The molecule has 0 saturated heterocycles. The van der Waals surface area contributed by atoms with E-state index in [-0.39, 0.29) is 23.0 Å². The first kappa shape index (κ1) is 18.0. The molecule has 0 unspecified atom stereocenters. The van der Waals surface area contributed by atoms with E-state index in [9.17, 15) is 4.79 Å². The van der Waals surface area contributed by atoms with E-state index in [1.165, 1.54) is 0 Å². The van der Waals surface area contributed by atoms with Crippen molar-refractivity contribution in [3.63, 3.8) is 0 Å². The van der Waals surface area contributed by atoms with Crippen molar-refractivity contribution in [1.82, 2.24) is 0 Å². The minimum absolute atomic E-state index is 0. The van der Waals surface area contributed by atoms with Crippen LogP contribution in [0.25, 0.3) is 0 Å². The predicted octanol–water partition coefficient (Wildman–Crippen LogP) is -1.01. The summed E-state index contributed by atoms with van der Waals surface area (Å²) in [5, 5.41) is 0. The molecule has 0 atom stereocenters. The Kier molecular flexibility index (Phi) is 9.87. The third-order valence-electron chi connectivity index (χ3n) is 3.16. The van der Waals surface area contributed by atoms with Gasteiger partial charge in [0.15, 0.2) is 0 Å². The van der Waals surface area contributed by atoms with Crippen molar-refractivity contribution >= 4 is 5.97 Å². The van der Waals surface area contributed by atoms with Crippen molar-refractivity contribution in [2.24, 2.45) is 0 Å². The highest BCUT2D eigenvalue weighted by atomic mass is 79.9. The molecule has 0 radical (unpaired) electrons. The average Bonchev–Trinajstić information content (AvgIpc) is 2.24. The van der Waals surface area contributed by atoms with Crippen LogP contribution in [-0.4, -0.2) is 43.2 Å². The zero-order valence-electron chi connectivity index (χ0n) is 10.9. The molecule has 0 rings (SSSR count). The zero-order valence-corrected chi connectivity index (χ0v) is 12.5. The van der Waals surface area contributed by atoms with E-state index in [0.717, 1.165) is 30.7 Å². The van der Waals surface area contributed by atoms with Crippen LogP contribution in [0.15, 0.2) is 12.2 Å². The van der Waals surface area contributed by atoms with Gasteiger partial charge in [0.1, 0.15) is 13.2 Å². The van der Waals surface area contributed by atoms with Gasteiger partial charge in [-0.2, -0.15) is 0 Å². The number of halogens is 1. The minimum atomic E-state index is -0.281. The van der Waals surface area contributed by atoms with Gasteiger partial charge in [0.05, 0.1) is 19.6 Å². The molecule has 0 aliphatic rings. The number of nitrogens with zero attached hydrogens (tertiary/aromatic N) is 1. The predicted molar refractivity (Wildman–Crippen MR) is 62.5 cm³/mol. The van der Waals surface area contributed by atoms with Gasteiger partial charge in [0.25, 0.3) is 0 Å². The molecule has 96 valence electrons. The van der Waals surface area contributed by atoms with E-state index in [1.54, 1.807) is 6.92 Å². The molecule has 0 aliphatic carbocycles. The van der Waals surface area contributed by atoms with E-state index in [1.807, 2.05) is 0 Å². The van der Waals surface area contributed by atoms with Crippen molar-refractivity contribution in [2.45, 2.75) is 27.7 Å². The van der Waals surface area contributed by atoms with E-state index in [0.29, 0.717) is 12.2 Å². The lowest BCUT2D eigenvalue weighted by Crippen LogP contribution is -3.00. The molecule has 0 aromatic heterocycles. The number of hydrogen-bond donors (Lipinski definition) is 0. The highest BCUT2D eigenvalue weighted by Crippen LogP contribution is 2.05. The molecule has 0 aromatic carbocycles. The number of rotatable bonds is 7. The quantitative estimate of drug-likeness (QED) is 0.342. The van der Waals surface area contributed by atoms with Crippen LogP contribution in [0.3, 0.4) is 0 Å². The molecular formula is C12H24BrNO2. The monoisotopic (exact) mass is 293 g/mol. The second-order valence-electron chi connectivity index (χ2n) is 3.93. The van der Waals surface area contributed by atoms with Crippen LogP contribution in [0.1, 0.15) is 27.7 Å². The fourth-order valence-electron chi connectivity index (χ4n) is 1.60. The largest absolute Gasteiger partial charge is 1.00 e. The highest BCUT2D eigenvalue weighted by Gasteiger charge is 2.20. The van der Waals surface area contributed by atoms with E-state index in [4.69, 9.17) is 4.74 Å². The first-order chi connectivity index (χ1) is 7.01. The fourth-order valence-corrected chi connectivity index (χ4v) is 1.60. The molecule has 0 saturated carbocycles. The van der Waals surface area contributed by atoms with Crippen molar-refractivity contribution < 1.29 is 31.0 Å². The number of carbonyl (C=O) groups is 1. The summed E-state index contributed by atoms with van der Waals surface area (Å²) in [6.07, 6.45) is 0. The number of hydrogen-bond acceptors (Lipinski definition) is 2. The number of carbonyl (C=O) groups excluding carboxylic acids is 1. The Bertz CT molecular complexity index is 217. The third-order valence-corrected chi connectivity index (χ3v) is 3.16. The summed E-state index contributed by atoms with van der Waals surface area (Å²) in [5.74, 6) is -0.281. The summed E-state index contributed by atoms with van der Waals surface area (Å²) in [6.45, 7) is 16.4. The first-order valence-electron chi connectivity index (χ1n) is 5.69. The molecule has 0 amide bonds. The Morgan fingerprint density at radius 2 is 1.62 bits per heavy atom. The molecule has 0 bridgehead atoms. The van der Waals surface area contributed by atoms with Gasteiger partial charge in [-0.3, -0.25) is 0 Å². The maximum Gasteiger partial charge on any atom is 0.333 e. The van der Waals surface area contributed by atoms with Gasteiger partial charge in [-0.15, -0.1) is 0 Å². The molecule has 16 heavy (non-hydrogen) atoms. The number of quaternary nitrogens is 1. The molecule has 0 heterocycles. The Hall–Kier alpha value is -0.350. The van der Waals surface area contributed by atoms with Crippen molar-refractivity contribution in [3.8, 4) is 0 Å². The molecule has 0 N–H and O–H groups in total.